The molecule has 1 N–H and O–H groups in total. The Hall–Kier alpha value is -3.47. The number of hydrogen-bond donors (Lipinski definition) is 1. The zero-order valence-corrected chi connectivity index (χ0v) is 17.1. The van der Waals surface area contributed by atoms with Crippen LogP contribution in [0.4, 0.5) is 0 Å². The number of imide groups is 1. The number of amides is 2. The Bertz CT molecular complexity index is 1190. The van der Waals surface area contributed by atoms with Crippen molar-refractivity contribution in [1.82, 2.24) is 9.88 Å². The number of aliphatic hydroxyl groups excluding tert-OH is 1. The highest BCUT2D eigenvalue weighted by Crippen LogP contribution is 2.29. The zero-order valence-electron chi connectivity index (χ0n) is 15.5. The molecule has 0 atom stereocenters. The van der Waals surface area contributed by atoms with Gasteiger partial charge in [-0.25, -0.2) is 4.98 Å². The van der Waals surface area contributed by atoms with Crippen LogP contribution in [0.2, 0.25) is 5.02 Å². The number of hydrogen-bond acceptors (Lipinski definition) is 6. The maximum absolute atomic E-state index is 12.4. The van der Waals surface area contributed by atoms with E-state index in [1.807, 2.05) is 18.2 Å². The minimum Gasteiger partial charge on any atom is -0.511 e. The molecule has 148 valence electrons. The molecule has 0 saturated carbocycles. The van der Waals surface area contributed by atoms with Gasteiger partial charge in [0.05, 0.1) is 16.8 Å². The van der Waals surface area contributed by atoms with Gasteiger partial charge in [-0.05, 0) is 24.3 Å². The molecule has 2 aromatic carbocycles. The summed E-state index contributed by atoms with van der Waals surface area (Å²) in [6.45, 7) is -0.0290. The molecular weight excluding hydrogens is 422 g/mol. The van der Waals surface area contributed by atoms with E-state index in [9.17, 15) is 20.0 Å². The summed E-state index contributed by atoms with van der Waals surface area (Å²) in [5.41, 5.74) is 2.21. The second-order valence-electron chi connectivity index (χ2n) is 6.54. The van der Waals surface area contributed by atoms with Crippen LogP contribution in [-0.2, 0) is 0 Å². The number of thiazole rings is 1. The van der Waals surface area contributed by atoms with Gasteiger partial charge in [0.1, 0.15) is 22.4 Å². The lowest BCUT2D eigenvalue weighted by atomic mass is 10.1. The summed E-state index contributed by atoms with van der Waals surface area (Å²) in [5.74, 6) is -1.02. The number of carbonyl (C=O) groups is 2. The first-order chi connectivity index (χ1) is 14.5. The quantitative estimate of drug-likeness (QED) is 0.348. The van der Waals surface area contributed by atoms with Crippen LogP contribution < -0.4 is 0 Å². The van der Waals surface area contributed by atoms with Crippen molar-refractivity contribution < 1.29 is 14.7 Å². The Morgan fingerprint density at radius 1 is 1.10 bits per heavy atom. The minimum absolute atomic E-state index is 0.0248. The number of nitrogens with zero attached hydrogens (tertiary/aromatic N) is 3. The molecule has 0 aliphatic carbocycles. The summed E-state index contributed by atoms with van der Waals surface area (Å²) in [6, 6.07) is 15.7. The van der Waals surface area contributed by atoms with Crippen LogP contribution in [0.3, 0.4) is 0 Å². The molecule has 30 heavy (non-hydrogen) atoms. The summed E-state index contributed by atoms with van der Waals surface area (Å²) in [4.78, 5) is 30.4. The van der Waals surface area contributed by atoms with E-state index in [1.54, 1.807) is 41.8 Å². The number of fused-ring (bicyclic) bond motifs is 1. The second kappa shape index (κ2) is 8.11. The van der Waals surface area contributed by atoms with E-state index in [0.717, 1.165) is 10.5 Å². The standard InChI is InChI=1S/C22H14ClN3O3S/c23-14-7-5-13(6-8-14)18-12-30-20(25-18)17(11-24)19(27)9-10-26-21(28)15-3-1-2-4-16(15)22(26)29/h1-8,12,27H,9-10H2/b19-17+. The first-order valence-corrected chi connectivity index (χ1v) is 10.2. The molecule has 0 unspecified atom stereocenters. The molecule has 4 rings (SSSR count). The molecule has 0 saturated heterocycles. The van der Waals surface area contributed by atoms with E-state index >= 15 is 0 Å². The van der Waals surface area contributed by atoms with Crippen LogP contribution in [-0.4, -0.2) is 33.3 Å². The predicted molar refractivity (Wildman–Crippen MR) is 114 cm³/mol. The molecular formula is C22H14ClN3O3S. The highest BCUT2D eigenvalue weighted by atomic mass is 35.5. The third-order valence-corrected chi connectivity index (χ3v) is 5.82. The Morgan fingerprint density at radius 2 is 1.73 bits per heavy atom. The largest absolute Gasteiger partial charge is 0.511 e. The third kappa shape index (κ3) is 3.59. The van der Waals surface area contributed by atoms with Crippen molar-refractivity contribution in [3.8, 4) is 17.3 Å². The molecule has 2 amide bonds. The molecule has 0 fully saturated rings. The van der Waals surface area contributed by atoms with Gasteiger partial charge in [0, 0.05) is 28.9 Å². The van der Waals surface area contributed by atoms with Crippen molar-refractivity contribution in [2.45, 2.75) is 6.42 Å². The Labute approximate surface area is 181 Å². The van der Waals surface area contributed by atoms with Crippen LogP contribution in [0.25, 0.3) is 16.8 Å². The first kappa shape index (κ1) is 19.8. The molecule has 8 heteroatoms. The van der Waals surface area contributed by atoms with Crippen LogP contribution in [0.1, 0.15) is 32.1 Å². The third-order valence-electron chi connectivity index (χ3n) is 4.71. The van der Waals surface area contributed by atoms with Crippen LogP contribution in [0, 0.1) is 11.3 Å². The van der Waals surface area contributed by atoms with E-state index in [1.165, 1.54) is 11.3 Å². The van der Waals surface area contributed by atoms with Crippen molar-refractivity contribution in [3.63, 3.8) is 0 Å². The number of carbonyl (C=O) groups excluding carboxylic acids is 2. The fourth-order valence-electron chi connectivity index (χ4n) is 3.16. The van der Waals surface area contributed by atoms with E-state index in [-0.39, 0.29) is 24.3 Å². The normalized spacial score (nSPS) is 13.8. The highest BCUT2D eigenvalue weighted by molar-refractivity contribution is 7.11. The van der Waals surface area contributed by atoms with Gasteiger partial charge in [0.15, 0.2) is 0 Å². The topological polar surface area (TPSA) is 94.3 Å². The van der Waals surface area contributed by atoms with E-state index in [4.69, 9.17) is 11.6 Å². The van der Waals surface area contributed by atoms with Gasteiger partial charge in [-0.1, -0.05) is 35.9 Å². The summed E-state index contributed by atoms with van der Waals surface area (Å²) in [5, 5.41) is 22.8. The van der Waals surface area contributed by atoms with Gasteiger partial charge in [-0.3, -0.25) is 14.5 Å². The molecule has 6 nitrogen and oxygen atoms in total. The van der Waals surface area contributed by atoms with Crippen molar-refractivity contribution in [1.29, 1.82) is 5.26 Å². The lowest BCUT2D eigenvalue weighted by molar-refractivity contribution is 0.0652. The molecule has 2 heterocycles. The fraction of sp³-hybridized carbons (Fsp3) is 0.0909. The number of rotatable bonds is 5. The average Bonchev–Trinajstić information content (AvgIpc) is 3.32. The predicted octanol–water partition coefficient (Wildman–Crippen LogP) is 4.94. The summed E-state index contributed by atoms with van der Waals surface area (Å²) < 4.78 is 0. The van der Waals surface area contributed by atoms with E-state index in [2.05, 4.69) is 4.98 Å². The molecule has 0 radical (unpaired) electrons. The molecule has 3 aromatic rings. The lowest BCUT2D eigenvalue weighted by Gasteiger charge is -2.13. The number of nitriles is 1. The molecule has 0 bridgehead atoms. The molecule has 1 aliphatic rings. The monoisotopic (exact) mass is 435 g/mol. The number of aliphatic hydroxyl groups is 1. The van der Waals surface area contributed by atoms with Crippen LogP contribution >= 0.6 is 22.9 Å². The highest BCUT2D eigenvalue weighted by Gasteiger charge is 2.34. The van der Waals surface area contributed by atoms with Gasteiger partial charge < -0.3 is 5.11 Å². The van der Waals surface area contributed by atoms with Gasteiger partial charge in [-0.2, -0.15) is 5.26 Å². The average molecular weight is 436 g/mol. The summed E-state index contributed by atoms with van der Waals surface area (Å²) >= 11 is 7.13. The number of halogens is 1. The van der Waals surface area contributed by atoms with Crippen molar-refractivity contribution in [3.05, 3.63) is 80.8 Å². The Balaban J connectivity index is 1.53. The van der Waals surface area contributed by atoms with Crippen molar-refractivity contribution in [2.24, 2.45) is 0 Å². The molecule has 1 aliphatic heterocycles. The minimum atomic E-state index is -0.402. The van der Waals surface area contributed by atoms with Gasteiger partial charge in [0.25, 0.3) is 11.8 Å². The molecule has 1 aromatic heterocycles. The first-order valence-electron chi connectivity index (χ1n) is 8.99. The number of allylic oxidation sites excluding steroid dienone is 1. The second-order valence-corrected chi connectivity index (χ2v) is 7.83. The summed E-state index contributed by atoms with van der Waals surface area (Å²) in [7, 11) is 0. The Morgan fingerprint density at radius 3 is 2.33 bits per heavy atom. The summed E-state index contributed by atoms with van der Waals surface area (Å²) in [6.07, 6.45) is -0.0375. The maximum Gasteiger partial charge on any atom is 0.261 e. The molecule has 0 spiro atoms. The fourth-order valence-corrected chi connectivity index (χ4v) is 4.13. The van der Waals surface area contributed by atoms with Crippen LogP contribution in [0.15, 0.2) is 59.7 Å². The van der Waals surface area contributed by atoms with Crippen LogP contribution in [0.5, 0.6) is 0 Å². The maximum atomic E-state index is 12.4. The number of benzene rings is 2. The van der Waals surface area contributed by atoms with Gasteiger partial charge >= 0.3 is 0 Å². The smallest absolute Gasteiger partial charge is 0.261 e. The zero-order chi connectivity index (χ0) is 21.3. The lowest BCUT2D eigenvalue weighted by Crippen LogP contribution is -2.31. The Kier molecular flexibility index (Phi) is 5.36. The van der Waals surface area contributed by atoms with Gasteiger partial charge in [0.2, 0.25) is 0 Å². The SMILES string of the molecule is N#C/C(=C(\O)CCN1C(=O)c2ccccc2C1=O)c1nc(-c2ccc(Cl)cc2)cs1. The van der Waals surface area contributed by atoms with E-state index < -0.39 is 11.8 Å². The van der Waals surface area contributed by atoms with E-state index in [0.29, 0.717) is 26.9 Å². The van der Waals surface area contributed by atoms with Gasteiger partial charge in [-0.15, -0.1) is 11.3 Å². The van der Waals surface area contributed by atoms with Crippen molar-refractivity contribution in [2.75, 3.05) is 6.54 Å². The van der Waals surface area contributed by atoms with Crippen molar-refractivity contribution >= 4 is 40.3 Å². The number of aromatic nitrogens is 1.